The monoisotopic (exact) mass is 397 g/mol. The largest absolute Gasteiger partial charge is 0.497 e. The van der Waals surface area contributed by atoms with E-state index in [0.717, 1.165) is 5.69 Å². The Labute approximate surface area is 168 Å². The van der Waals surface area contributed by atoms with Crippen molar-refractivity contribution in [3.63, 3.8) is 0 Å². The van der Waals surface area contributed by atoms with Crippen molar-refractivity contribution in [2.45, 2.75) is 19.4 Å². The molecule has 2 aromatic carbocycles. The highest BCUT2D eigenvalue weighted by atomic mass is 16.5. The SMILES string of the molecule is CCOC(=O)c1ccc(NC(=O)NC2CC(=O)N(c3cccc(OC)c3)C2)cc1. The Morgan fingerprint density at radius 1 is 1.17 bits per heavy atom. The molecule has 29 heavy (non-hydrogen) atoms. The molecule has 8 heteroatoms. The van der Waals surface area contributed by atoms with E-state index in [0.29, 0.717) is 30.2 Å². The predicted octanol–water partition coefficient (Wildman–Crippen LogP) is 2.80. The fourth-order valence-corrected chi connectivity index (χ4v) is 3.09. The van der Waals surface area contributed by atoms with Gasteiger partial charge in [-0.2, -0.15) is 0 Å². The van der Waals surface area contributed by atoms with Crippen LogP contribution in [-0.4, -0.2) is 44.2 Å². The zero-order chi connectivity index (χ0) is 20.8. The predicted molar refractivity (Wildman–Crippen MR) is 108 cm³/mol. The Morgan fingerprint density at radius 3 is 2.62 bits per heavy atom. The average Bonchev–Trinajstić information content (AvgIpc) is 3.08. The number of nitrogens with zero attached hydrogens (tertiary/aromatic N) is 1. The number of amides is 3. The second-order valence-corrected chi connectivity index (χ2v) is 6.50. The second-order valence-electron chi connectivity index (χ2n) is 6.50. The molecule has 1 fully saturated rings. The van der Waals surface area contributed by atoms with Crippen LogP contribution in [0.5, 0.6) is 5.75 Å². The lowest BCUT2D eigenvalue weighted by Gasteiger charge is -2.18. The molecular formula is C21H23N3O5. The molecule has 1 aliphatic rings. The van der Waals surface area contributed by atoms with Gasteiger partial charge in [-0.15, -0.1) is 0 Å². The first kappa shape index (κ1) is 20.2. The first-order valence-corrected chi connectivity index (χ1v) is 9.29. The number of hydrogen-bond donors (Lipinski definition) is 2. The topological polar surface area (TPSA) is 97.0 Å². The van der Waals surface area contributed by atoms with Gasteiger partial charge in [0.1, 0.15) is 5.75 Å². The molecule has 1 saturated heterocycles. The lowest BCUT2D eigenvalue weighted by Crippen LogP contribution is -2.39. The van der Waals surface area contributed by atoms with Crippen LogP contribution in [0.2, 0.25) is 0 Å². The molecule has 0 bridgehead atoms. The van der Waals surface area contributed by atoms with Gasteiger partial charge < -0.3 is 25.0 Å². The van der Waals surface area contributed by atoms with E-state index >= 15 is 0 Å². The van der Waals surface area contributed by atoms with Crippen molar-refractivity contribution in [1.29, 1.82) is 0 Å². The van der Waals surface area contributed by atoms with E-state index in [1.807, 2.05) is 12.1 Å². The Kier molecular flexibility index (Phi) is 6.33. The summed E-state index contributed by atoms with van der Waals surface area (Å²) >= 11 is 0. The number of carbonyl (C=O) groups excluding carboxylic acids is 3. The van der Waals surface area contributed by atoms with E-state index in [2.05, 4.69) is 10.6 Å². The number of benzene rings is 2. The van der Waals surface area contributed by atoms with Crippen LogP contribution >= 0.6 is 0 Å². The zero-order valence-corrected chi connectivity index (χ0v) is 16.3. The highest BCUT2D eigenvalue weighted by Gasteiger charge is 2.31. The van der Waals surface area contributed by atoms with E-state index in [-0.39, 0.29) is 18.4 Å². The minimum absolute atomic E-state index is 0.0673. The Hall–Kier alpha value is -3.55. The van der Waals surface area contributed by atoms with Crippen LogP contribution in [0.1, 0.15) is 23.7 Å². The van der Waals surface area contributed by atoms with Crippen LogP contribution in [-0.2, 0) is 9.53 Å². The molecule has 1 heterocycles. The van der Waals surface area contributed by atoms with E-state index < -0.39 is 12.0 Å². The molecule has 152 valence electrons. The first-order valence-electron chi connectivity index (χ1n) is 9.29. The van der Waals surface area contributed by atoms with Gasteiger partial charge in [-0.3, -0.25) is 4.79 Å². The maximum Gasteiger partial charge on any atom is 0.338 e. The maximum absolute atomic E-state index is 12.3. The van der Waals surface area contributed by atoms with E-state index in [1.165, 1.54) is 0 Å². The number of urea groups is 1. The van der Waals surface area contributed by atoms with Gasteiger partial charge in [0, 0.05) is 30.4 Å². The molecule has 3 amide bonds. The Morgan fingerprint density at radius 2 is 1.93 bits per heavy atom. The van der Waals surface area contributed by atoms with Crippen molar-refractivity contribution in [3.05, 3.63) is 54.1 Å². The second kappa shape index (κ2) is 9.09. The van der Waals surface area contributed by atoms with Crippen LogP contribution in [0.15, 0.2) is 48.5 Å². The number of carbonyl (C=O) groups is 3. The van der Waals surface area contributed by atoms with Crippen LogP contribution in [0.4, 0.5) is 16.2 Å². The summed E-state index contributed by atoms with van der Waals surface area (Å²) in [5.74, 6) is 0.184. The van der Waals surface area contributed by atoms with Gasteiger partial charge >= 0.3 is 12.0 Å². The lowest BCUT2D eigenvalue weighted by atomic mass is 10.2. The van der Waals surface area contributed by atoms with Crippen molar-refractivity contribution in [2.75, 3.05) is 30.5 Å². The van der Waals surface area contributed by atoms with Crippen molar-refractivity contribution < 1.29 is 23.9 Å². The molecule has 1 atom stereocenters. The van der Waals surface area contributed by atoms with Crippen molar-refractivity contribution >= 4 is 29.3 Å². The van der Waals surface area contributed by atoms with Crippen LogP contribution in [0, 0.1) is 0 Å². The highest BCUT2D eigenvalue weighted by Crippen LogP contribution is 2.25. The standard InChI is InChI=1S/C21H23N3O5/c1-3-29-20(26)14-7-9-15(10-8-14)22-21(27)23-16-11-19(25)24(13-16)17-5-4-6-18(12-17)28-2/h4-10,12,16H,3,11,13H2,1-2H3,(H2,22,23,27). The maximum atomic E-state index is 12.3. The smallest absolute Gasteiger partial charge is 0.338 e. The molecule has 0 aromatic heterocycles. The summed E-state index contributed by atoms with van der Waals surface area (Å²) < 4.78 is 10.1. The lowest BCUT2D eigenvalue weighted by molar-refractivity contribution is -0.117. The molecule has 8 nitrogen and oxygen atoms in total. The number of hydrogen-bond acceptors (Lipinski definition) is 5. The first-order chi connectivity index (χ1) is 14.0. The average molecular weight is 397 g/mol. The number of ether oxygens (including phenoxy) is 2. The Bertz CT molecular complexity index is 897. The minimum Gasteiger partial charge on any atom is -0.497 e. The highest BCUT2D eigenvalue weighted by molar-refractivity contribution is 5.98. The van der Waals surface area contributed by atoms with Crippen molar-refractivity contribution in [1.82, 2.24) is 5.32 Å². The molecular weight excluding hydrogens is 374 g/mol. The molecule has 3 rings (SSSR count). The summed E-state index contributed by atoms with van der Waals surface area (Å²) in [6.45, 7) is 2.41. The van der Waals surface area contributed by atoms with Gasteiger partial charge in [0.25, 0.3) is 0 Å². The molecule has 0 saturated carbocycles. The van der Waals surface area contributed by atoms with E-state index in [9.17, 15) is 14.4 Å². The van der Waals surface area contributed by atoms with Gasteiger partial charge in [0.2, 0.25) is 5.91 Å². The molecule has 1 aliphatic heterocycles. The van der Waals surface area contributed by atoms with Gasteiger partial charge in [-0.25, -0.2) is 9.59 Å². The Balaban J connectivity index is 1.56. The summed E-state index contributed by atoms with van der Waals surface area (Å²) in [6.07, 6.45) is 0.215. The minimum atomic E-state index is -0.417. The van der Waals surface area contributed by atoms with Crippen molar-refractivity contribution in [3.8, 4) is 5.75 Å². The van der Waals surface area contributed by atoms with Gasteiger partial charge in [-0.1, -0.05) is 6.07 Å². The van der Waals surface area contributed by atoms with Crippen LogP contribution in [0.25, 0.3) is 0 Å². The summed E-state index contributed by atoms with van der Waals surface area (Å²) in [4.78, 5) is 37.9. The third-order valence-corrected chi connectivity index (χ3v) is 4.48. The molecule has 0 aliphatic carbocycles. The molecule has 0 spiro atoms. The summed E-state index contributed by atoms with van der Waals surface area (Å²) in [5, 5.41) is 5.51. The number of methoxy groups -OCH3 is 1. The fourth-order valence-electron chi connectivity index (χ4n) is 3.09. The summed E-state index contributed by atoms with van der Waals surface area (Å²) in [6, 6.07) is 12.9. The van der Waals surface area contributed by atoms with Gasteiger partial charge in [0.15, 0.2) is 0 Å². The molecule has 2 N–H and O–H groups in total. The van der Waals surface area contributed by atoms with Crippen molar-refractivity contribution in [2.24, 2.45) is 0 Å². The number of nitrogens with one attached hydrogen (secondary N) is 2. The number of esters is 1. The quantitative estimate of drug-likeness (QED) is 0.731. The fraction of sp³-hybridized carbons (Fsp3) is 0.286. The molecule has 2 aromatic rings. The van der Waals surface area contributed by atoms with E-state index in [4.69, 9.17) is 9.47 Å². The van der Waals surface area contributed by atoms with Gasteiger partial charge in [0.05, 0.1) is 25.3 Å². The van der Waals surface area contributed by atoms with Crippen LogP contribution < -0.4 is 20.3 Å². The van der Waals surface area contributed by atoms with Crippen LogP contribution in [0.3, 0.4) is 0 Å². The number of anilines is 2. The third kappa shape index (κ3) is 5.04. The summed E-state index contributed by atoms with van der Waals surface area (Å²) in [7, 11) is 1.57. The number of rotatable bonds is 6. The van der Waals surface area contributed by atoms with Gasteiger partial charge in [-0.05, 0) is 43.3 Å². The molecule has 1 unspecified atom stereocenters. The molecule has 0 radical (unpaired) electrons. The zero-order valence-electron chi connectivity index (χ0n) is 16.3. The summed E-state index contributed by atoms with van der Waals surface area (Å²) in [5.41, 5.74) is 1.67. The third-order valence-electron chi connectivity index (χ3n) is 4.48. The van der Waals surface area contributed by atoms with E-state index in [1.54, 1.807) is 55.3 Å². The normalized spacial score (nSPS) is 15.7.